The average Bonchev–Trinajstić information content (AvgIpc) is 3.41. The number of piperidine rings is 1. The Bertz CT molecular complexity index is 2210. The van der Waals surface area contributed by atoms with E-state index in [0.29, 0.717) is 96.1 Å². The third-order valence-corrected chi connectivity index (χ3v) is 18.7. The number of esters is 1. The number of carbonyl (C=O) groups excluding carboxylic acids is 5. The first-order chi connectivity index (χ1) is 36.5. The Hall–Kier alpha value is -3.50. The van der Waals surface area contributed by atoms with Gasteiger partial charge in [-0.1, -0.05) is 71.1 Å². The Morgan fingerprint density at radius 3 is 2.25 bits per heavy atom. The standard InChI is InChI=1S/C58H92N2O16S/c1-37-17-12-11-13-18-38(2)49(70-8)35-45-22-20-43(7)58(67,76-45)55(64)56(65)60-24-15-14-19-46(60)57(66)75-50(36-47(61)39(3)32-42(6)53(63)54(72-10)52(62)41(5)31-37)40(4)33-44-21-23-48(51(34-44)71-9)74-27-16-30-77(68,69)59-25-28-73-29-26-59/h11-13,17-18,32,37,39-41,43-46,48-51,53-54,63,67H,14-16,19-31,33-36H2,1-10H3/b13-11+,17-12+,38-18+,42-32+/t37-,39-,40-,41-,43-,44+,45+,46+,48-,49+,50+,51-,53-,54+,58-/m1/s1. The lowest BCUT2D eigenvalue weighted by Crippen LogP contribution is -2.61. The van der Waals surface area contributed by atoms with Gasteiger partial charge in [0.1, 0.15) is 30.1 Å². The highest BCUT2D eigenvalue weighted by molar-refractivity contribution is 7.89. The number of allylic oxidation sites excluding steroid dienone is 6. The zero-order valence-electron chi connectivity index (χ0n) is 47.6. The number of rotatable bonds is 12. The second-order valence-electron chi connectivity index (χ2n) is 22.6. The van der Waals surface area contributed by atoms with Crippen molar-refractivity contribution in [1.82, 2.24) is 9.21 Å². The molecule has 77 heavy (non-hydrogen) atoms. The van der Waals surface area contributed by atoms with Crippen LogP contribution in [0, 0.1) is 35.5 Å². The first-order valence-corrected chi connectivity index (χ1v) is 29.8. The second-order valence-corrected chi connectivity index (χ2v) is 24.7. The van der Waals surface area contributed by atoms with Gasteiger partial charge in [0.2, 0.25) is 15.8 Å². The first-order valence-electron chi connectivity index (χ1n) is 28.2. The maximum Gasteiger partial charge on any atom is 0.329 e. The lowest BCUT2D eigenvalue weighted by Gasteiger charge is -2.42. The fraction of sp³-hybridized carbons (Fsp3) is 0.776. The van der Waals surface area contributed by atoms with Crippen molar-refractivity contribution in [2.45, 2.75) is 186 Å². The lowest BCUT2D eigenvalue weighted by atomic mass is 9.78. The summed E-state index contributed by atoms with van der Waals surface area (Å²) in [5.41, 5.74) is 1.24. The van der Waals surface area contributed by atoms with Gasteiger partial charge in [0.15, 0.2) is 5.78 Å². The molecule has 0 aromatic rings. The van der Waals surface area contributed by atoms with Crippen LogP contribution in [-0.2, 0) is 67.2 Å². The molecule has 4 aliphatic heterocycles. The summed E-state index contributed by atoms with van der Waals surface area (Å²) < 4.78 is 68.7. The molecule has 0 aromatic heterocycles. The molecule has 0 spiro atoms. The molecular formula is C58H92N2O16S. The van der Waals surface area contributed by atoms with Gasteiger partial charge in [0, 0.05) is 78.2 Å². The predicted octanol–water partition coefficient (Wildman–Crippen LogP) is 6.26. The normalized spacial score (nSPS) is 37.6. The first kappa shape index (κ1) is 64.3. The van der Waals surface area contributed by atoms with E-state index in [9.17, 15) is 42.6 Å². The number of hydrogen-bond acceptors (Lipinski definition) is 16. The predicted molar refractivity (Wildman–Crippen MR) is 290 cm³/mol. The van der Waals surface area contributed by atoms with E-state index in [1.807, 2.05) is 58.1 Å². The highest BCUT2D eigenvalue weighted by Gasteiger charge is 2.53. The van der Waals surface area contributed by atoms with Gasteiger partial charge in [-0.05, 0) is 113 Å². The maximum atomic E-state index is 14.6. The van der Waals surface area contributed by atoms with E-state index in [-0.39, 0.29) is 73.3 Å². The molecule has 1 amide bonds. The summed E-state index contributed by atoms with van der Waals surface area (Å²) in [4.78, 5) is 72.7. The van der Waals surface area contributed by atoms with Crippen molar-refractivity contribution in [3.8, 4) is 0 Å². The van der Waals surface area contributed by atoms with Gasteiger partial charge in [-0.15, -0.1) is 0 Å². The minimum atomic E-state index is -3.43. The minimum Gasteiger partial charge on any atom is -0.460 e. The molecule has 4 heterocycles. The Labute approximate surface area is 458 Å². The van der Waals surface area contributed by atoms with E-state index >= 15 is 0 Å². The number of cyclic esters (lactones) is 1. The molecule has 1 aliphatic carbocycles. The summed E-state index contributed by atoms with van der Waals surface area (Å²) in [7, 11) is 1.14. The quantitative estimate of drug-likeness (QED) is 0.0951. The Morgan fingerprint density at radius 2 is 1.56 bits per heavy atom. The lowest BCUT2D eigenvalue weighted by molar-refractivity contribution is -0.265. The molecule has 0 radical (unpaired) electrons. The van der Waals surface area contributed by atoms with Crippen molar-refractivity contribution in [3.63, 3.8) is 0 Å². The molecule has 0 aromatic carbocycles. The van der Waals surface area contributed by atoms with Crippen LogP contribution in [0.2, 0.25) is 0 Å². The van der Waals surface area contributed by atoms with Gasteiger partial charge in [-0.2, -0.15) is 4.31 Å². The third kappa shape index (κ3) is 17.7. The third-order valence-electron chi connectivity index (χ3n) is 16.7. The topological polar surface area (TPSA) is 231 Å². The van der Waals surface area contributed by atoms with Crippen LogP contribution in [0.1, 0.15) is 132 Å². The molecule has 15 atom stereocenters. The van der Waals surface area contributed by atoms with Crippen LogP contribution in [-0.4, -0.2) is 178 Å². The van der Waals surface area contributed by atoms with Crippen LogP contribution in [0.15, 0.2) is 47.6 Å². The van der Waals surface area contributed by atoms with Crippen molar-refractivity contribution < 1.29 is 75.8 Å². The summed E-state index contributed by atoms with van der Waals surface area (Å²) in [5.74, 6) is -8.29. The smallest absolute Gasteiger partial charge is 0.329 e. The van der Waals surface area contributed by atoms with E-state index < -0.39 is 87.8 Å². The number of morpholine rings is 1. The van der Waals surface area contributed by atoms with Gasteiger partial charge < -0.3 is 48.3 Å². The molecule has 5 aliphatic rings. The molecule has 19 heteroatoms. The average molecular weight is 1110 g/mol. The number of fused-ring (bicyclic) bond motifs is 3. The van der Waals surface area contributed by atoms with Crippen LogP contribution in [0.25, 0.3) is 0 Å². The van der Waals surface area contributed by atoms with E-state index in [0.717, 1.165) is 12.0 Å². The molecule has 18 nitrogen and oxygen atoms in total. The molecule has 0 unspecified atom stereocenters. The van der Waals surface area contributed by atoms with Crippen molar-refractivity contribution >= 4 is 39.2 Å². The number of Topliss-reactive ketones (excluding diaryl/α,β-unsaturated/α-hetero) is 3. The number of methoxy groups -OCH3 is 3. The highest BCUT2D eigenvalue weighted by atomic mass is 32.2. The van der Waals surface area contributed by atoms with Crippen molar-refractivity contribution in [1.29, 1.82) is 0 Å². The molecule has 5 rings (SSSR count). The number of ether oxygens (including phenoxy) is 7. The van der Waals surface area contributed by atoms with Crippen molar-refractivity contribution in [2.75, 3.05) is 66.5 Å². The Balaban J connectivity index is 1.39. The van der Waals surface area contributed by atoms with Gasteiger partial charge in [-0.25, -0.2) is 13.2 Å². The number of carbonyl (C=O) groups is 5. The summed E-state index contributed by atoms with van der Waals surface area (Å²) in [6.45, 7) is 14.4. The molecule has 1 saturated carbocycles. The number of aliphatic hydroxyl groups excluding tert-OH is 1. The van der Waals surface area contributed by atoms with E-state index in [1.54, 1.807) is 41.1 Å². The molecule has 3 saturated heterocycles. The van der Waals surface area contributed by atoms with Gasteiger partial charge in [0.25, 0.3) is 11.7 Å². The number of nitrogens with zero attached hydrogens (tertiary/aromatic N) is 2. The monoisotopic (exact) mass is 1100 g/mol. The van der Waals surface area contributed by atoms with Gasteiger partial charge in [-0.3, -0.25) is 19.2 Å². The van der Waals surface area contributed by atoms with Crippen molar-refractivity contribution in [2.24, 2.45) is 35.5 Å². The molecule has 2 bridgehead atoms. The zero-order valence-corrected chi connectivity index (χ0v) is 48.4. The molecular weight excluding hydrogens is 1010 g/mol. The van der Waals surface area contributed by atoms with Crippen LogP contribution >= 0.6 is 0 Å². The highest BCUT2D eigenvalue weighted by Crippen LogP contribution is 2.38. The van der Waals surface area contributed by atoms with Crippen LogP contribution in [0.4, 0.5) is 0 Å². The van der Waals surface area contributed by atoms with E-state index in [2.05, 4.69) is 0 Å². The summed E-state index contributed by atoms with van der Waals surface area (Å²) in [6, 6.07) is -1.18. The summed E-state index contributed by atoms with van der Waals surface area (Å²) >= 11 is 0. The maximum absolute atomic E-state index is 14.6. The fourth-order valence-corrected chi connectivity index (χ4v) is 13.2. The zero-order chi connectivity index (χ0) is 56.6. The Kier molecular flexibility index (Phi) is 25.4. The number of amides is 1. The fourth-order valence-electron chi connectivity index (χ4n) is 11.7. The number of sulfonamides is 1. The second kappa shape index (κ2) is 30.4. The number of hydrogen-bond donors (Lipinski definition) is 2. The minimum absolute atomic E-state index is 0.00105. The van der Waals surface area contributed by atoms with Gasteiger partial charge in [0.05, 0.1) is 43.4 Å². The van der Waals surface area contributed by atoms with Crippen LogP contribution in [0.3, 0.4) is 0 Å². The number of ketones is 3. The molecule has 4 fully saturated rings. The van der Waals surface area contributed by atoms with Crippen LogP contribution in [0.5, 0.6) is 0 Å². The summed E-state index contributed by atoms with van der Waals surface area (Å²) in [6.07, 6.45) is 11.7. The molecule has 2 N–H and O–H groups in total. The molecule has 436 valence electrons. The number of aliphatic hydroxyl groups is 2. The summed E-state index contributed by atoms with van der Waals surface area (Å²) in [5, 5.41) is 23.6. The van der Waals surface area contributed by atoms with E-state index in [1.165, 1.54) is 16.3 Å². The Morgan fingerprint density at radius 1 is 0.831 bits per heavy atom. The SMILES string of the molecule is CO[C@H]1C[C@@H]2CC[C@@H](C)[C@@](O)(O2)C(=O)C(=O)N2CCCC[C@H]2C(=O)O[C@H]([C@H](C)C[C@@H]2CC[C@@H](OCCCS(=O)(=O)N3CCOCC3)[C@H](OC)C2)CC(=O)[C@H](C)/C=C(\C)[C@@H](O)[C@@H](OC)C(=O)[C@H](C)C[C@H](C)/C=C/C=C/C=C/1C. The van der Waals surface area contributed by atoms with E-state index in [4.69, 9.17) is 33.2 Å². The van der Waals surface area contributed by atoms with Crippen molar-refractivity contribution in [3.05, 3.63) is 47.6 Å². The van der Waals surface area contributed by atoms with Gasteiger partial charge >= 0.3 is 5.97 Å². The van der Waals surface area contributed by atoms with Crippen LogP contribution < -0.4 is 0 Å². The largest absolute Gasteiger partial charge is 0.460 e.